The molecular formula is C18H18Cl3N3O3S. The van der Waals surface area contributed by atoms with E-state index in [9.17, 15) is 13.2 Å². The average Bonchev–Trinajstić information content (AvgIpc) is 2.65. The number of nitrogens with one attached hydrogen (secondary N) is 1. The maximum absolute atomic E-state index is 12.7. The maximum Gasteiger partial charge on any atom is 0.243 e. The molecule has 1 amide bonds. The third-order valence-electron chi connectivity index (χ3n) is 4.35. The van der Waals surface area contributed by atoms with Crippen molar-refractivity contribution in [3.63, 3.8) is 0 Å². The van der Waals surface area contributed by atoms with Crippen LogP contribution >= 0.6 is 34.8 Å². The van der Waals surface area contributed by atoms with Gasteiger partial charge in [-0.05, 0) is 42.5 Å². The van der Waals surface area contributed by atoms with Crippen LogP contribution in [0.25, 0.3) is 0 Å². The molecule has 0 spiro atoms. The van der Waals surface area contributed by atoms with Crippen LogP contribution < -0.4 is 5.32 Å². The van der Waals surface area contributed by atoms with Crippen LogP contribution in [0.1, 0.15) is 0 Å². The molecular weight excluding hydrogens is 445 g/mol. The smallest absolute Gasteiger partial charge is 0.243 e. The van der Waals surface area contributed by atoms with Crippen LogP contribution in [-0.4, -0.2) is 56.3 Å². The van der Waals surface area contributed by atoms with Crippen LogP contribution in [0.4, 0.5) is 5.69 Å². The Morgan fingerprint density at radius 3 is 2.18 bits per heavy atom. The summed E-state index contributed by atoms with van der Waals surface area (Å²) in [6, 6.07) is 11.0. The van der Waals surface area contributed by atoms with Gasteiger partial charge in [-0.25, -0.2) is 8.42 Å². The van der Waals surface area contributed by atoms with Crippen molar-refractivity contribution < 1.29 is 13.2 Å². The fraction of sp³-hybridized carbons (Fsp3) is 0.278. The fourth-order valence-corrected chi connectivity index (χ4v) is 4.71. The lowest BCUT2D eigenvalue weighted by molar-refractivity contribution is -0.117. The molecule has 2 aromatic carbocycles. The van der Waals surface area contributed by atoms with Crippen molar-refractivity contribution in [1.29, 1.82) is 0 Å². The number of hydrogen-bond acceptors (Lipinski definition) is 4. The number of sulfonamides is 1. The second kappa shape index (κ2) is 8.98. The quantitative estimate of drug-likeness (QED) is 0.737. The van der Waals surface area contributed by atoms with Gasteiger partial charge < -0.3 is 5.32 Å². The van der Waals surface area contributed by atoms with Gasteiger partial charge in [0.25, 0.3) is 0 Å². The summed E-state index contributed by atoms with van der Waals surface area (Å²) in [6.45, 7) is 1.70. The Balaban J connectivity index is 1.54. The predicted molar refractivity (Wildman–Crippen MR) is 112 cm³/mol. The van der Waals surface area contributed by atoms with E-state index in [1.54, 1.807) is 30.3 Å². The molecule has 0 aromatic heterocycles. The Labute approximate surface area is 179 Å². The summed E-state index contributed by atoms with van der Waals surface area (Å²) < 4.78 is 26.8. The molecule has 1 aliphatic rings. The predicted octanol–water partition coefficient (Wildman–Crippen LogP) is 3.59. The molecule has 0 unspecified atom stereocenters. The molecule has 0 bridgehead atoms. The molecule has 1 saturated heterocycles. The molecule has 2 aromatic rings. The van der Waals surface area contributed by atoms with Gasteiger partial charge in [-0.2, -0.15) is 4.31 Å². The zero-order valence-electron chi connectivity index (χ0n) is 14.7. The van der Waals surface area contributed by atoms with Crippen molar-refractivity contribution in [3.05, 3.63) is 57.5 Å². The first kappa shape index (κ1) is 21.4. The Hall–Kier alpha value is -1.35. The lowest BCUT2D eigenvalue weighted by atomic mass is 10.3. The van der Waals surface area contributed by atoms with Crippen molar-refractivity contribution in [2.75, 3.05) is 38.0 Å². The highest BCUT2D eigenvalue weighted by molar-refractivity contribution is 7.89. The number of nitrogens with zero attached hydrogens (tertiary/aromatic N) is 2. The fourth-order valence-electron chi connectivity index (χ4n) is 2.86. The number of anilines is 1. The monoisotopic (exact) mass is 461 g/mol. The van der Waals surface area contributed by atoms with E-state index in [1.165, 1.54) is 16.4 Å². The number of benzene rings is 2. The molecule has 0 atom stereocenters. The third-order valence-corrected chi connectivity index (χ3v) is 7.26. The number of rotatable bonds is 5. The van der Waals surface area contributed by atoms with E-state index >= 15 is 0 Å². The summed E-state index contributed by atoms with van der Waals surface area (Å²) in [5.74, 6) is -0.201. The van der Waals surface area contributed by atoms with Crippen molar-refractivity contribution in [1.82, 2.24) is 9.21 Å². The van der Waals surface area contributed by atoms with Gasteiger partial charge in [0.05, 0.1) is 21.5 Å². The molecule has 3 rings (SSSR count). The lowest BCUT2D eigenvalue weighted by Crippen LogP contribution is -2.50. The van der Waals surface area contributed by atoms with Gasteiger partial charge >= 0.3 is 0 Å². The van der Waals surface area contributed by atoms with Gasteiger partial charge in [0.1, 0.15) is 0 Å². The summed E-state index contributed by atoms with van der Waals surface area (Å²) in [7, 11) is -3.57. The van der Waals surface area contributed by atoms with Crippen LogP contribution in [0.3, 0.4) is 0 Å². The highest BCUT2D eigenvalue weighted by Crippen LogP contribution is 2.25. The minimum atomic E-state index is -3.57. The summed E-state index contributed by atoms with van der Waals surface area (Å²) in [4.78, 5) is 14.3. The van der Waals surface area contributed by atoms with E-state index in [0.717, 1.165) is 0 Å². The van der Waals surface area contributed by atoms with Gasteiger partial charge in [0.2, 0.25) is 15.9 Å². The summed E-state index contributed by atoms with van der Waals surface area (Å²) in [5.41, 5.74) is 0.559. The second-order valence-electron chi connectivity index (χ2n) is 6.31. The van der Waals surface area contributed by atoms with E-state index in [4.69, 9.17) is 34.8 Å². The van der Waals surface area contributed by atoms with Gasteiger partial charge in [-0.15, -0.1) is 0 Å². The minimum absolute atomic E-state index is 0.162. The number of piperazine rings is 1. The maximum atomic E-state index is 12.7. The molecule has 0 aliphatic carbocycles. The molecule has 150 valence electrons. The SMILES string of the molecule is O=C(CN1CCN(S(=O)(=O)c2ccc(Cl)cc2)CC1)Nc1ccc(Cl)c(Cl)c1. The van der Waals surface area contributed by atoms with Crippen molar-refractivity contribution in [3.8, 4) is 0 Å². The number of amides is 1. The van der Waals surface area contributed by atoms with Crippen LogP contribution in [-0.2, 0) is 14.8 Å². The Morgan fingerprint density at radius 2 is 1.57 bits per heavy atom. The van der Waals surface area contributed by atoms with Crippen LogP contribution in [0, 0.1) is 0 Å². The van der Waals surface area contributed by atoms with Crippen molar-refractivity contribution in [2.45, 2.75) is 4.90 Å². The summed E-state index contributed by atoms with van der Waals surface area (Å²) in [6.07, 6.45) is 0. The Kier molecular flexibility index (Phi) is 6.85. The zero-order valence-corrected chi connectivity index (χ0v) is 17.8. The first-order chi connectivity index (χ1) is 13.3. The largest absolute Gasteiger partial charge is 0.325 e. The molecule has 0 radical (unpaired) electrons. The molecule has 6 nitrogen and oxygen atoms in total. The van der Waals surface area contributed by atoms with Gasteiger partial charge in [-0.1, -0.05) is 34.8 Å². The van der Waals surface area contributed by atoms with E-state index in [1.807, 2.05) is 4.90 Å². The topological polar surface area (TPSA) is 69.7 Å². The lowest BCUT2D eigenvalue weighted by Gasteiger charge is -2.33. The van der Waals surface area contributed by atoms with Crippen LogP contribution in [0.5, 0.6) is 0 Å². The average molecular weight is 463 g/mol. The summed E-state index contributed by atoms with van der Waals surface area (Å²) >= 11 is 17.6. The van der Waals surface area contributed by atoms with E-state index < -0.39 is 10.0 Å². The Morgan fingerprint density at radius 1 is 0.929 bits per heavy atom. The summed E-state index contributed by atoms with van der Waals surface area (Å²) in [5, 5.41) is 4.02. The molecule has 28 heavy (non-hydrogen) atoms. The van der Waals surface area contributed by atoms with Gasteiger partial charge in [0, 0.05) is 36.9 Å². The molecule has 0 saturated carbocycles. The third kappa shape index (κ3) is 5.17. The van der Waals surface area contributed by atoms with E-state index in [0.29, 0.717) is 46.9 Å². The number of halogens is 3. The number of hydrogen-bond donors (Lipinski definition) is 1. The van der Waals surface area contributed by atoms with Crippen LogP contribution in [0.15, 0.2) is 47.4 Å². The molecule has 1 fully saturated rings. The minimum Gasteiger partial charge on any atom is -0.325 e. The first-order valence-electron chi connectivity index (χ1n) is 8.49. The van der Waals surface area contributed by atoms with E-state index in [-0.39, 0.29) is 17.3 Å². The molecule has 1 aliphatic heterocycles. The number of carbonyl (C=O) groups is 1. The molecule has 10 heteroatoms. The van der Waals surface area contributed by atoms with Crippen molar-refractivity contribution >= 4 is 56.4 Å². The standard InChI is InChI=1S/C18H18Cl3N3O3S/c19-13-1-4-15(5-2-13)28(26,27)24-9-7-23(8-10-24)12-18(25)22-14-3-6-16(20)17(21)11-14/h1-6,11H,7-10,12H2,(H,22,25). The highest BCUT2D eigenvalue weighted by atomic mass is 35.5. The second-order valence-corrected chi connectivity index (χ2v) is 9.50. The first-order valence-corrected chi connectivity index (χ1v) is 11.1. The van der Waals surface area contributed by atoms with Gasteiger partial charge in [0.15, 0.2) is 0 Å². The van der Waals surface area contributed by atoms with Gasteiger partial charge in [-0.3, -0.25) is 9.69 Å². The van der Waals surface area contributed by atoms with Crippen molar-refractivity contribution in [2.24, 2.45) is 0 Å². The zero-order chi connectivity index (χ0) is 20.3. The normalized spacial score (nSPS) is 16.1. The Bertz CT molecular complexity index is 960. The highest BCUT2D eigenvalue weighted by Gasteiger charge is 2.29. The molecule has 1 heterocycles. The molecule has 1 N–H and O–H groups in total. The van der Waals surface area contributed by atoms with E-state index in [2.05, 4.69) is 5.32 Å². The number of carbonyl (C=O) groups excluding carboxylic acids is 1. The van der Waals surface area contributed by atoms with Crippen LogP contribution in [0.2, 0.25) is 15.1 Å².